The van der Waals surface area contributed by atoms with E-state index in [4.69, 9.17) is 18.9 Å². The van der Waals surface area contributed by atoms with Crippen molar-refractivity contribution in [1.82, 2.24) is 0 Å². The Hall–Kier alpha value is -0.650. The van der Waals surface area contributed by atoms with E-state index in [-0.39, 0.29) is 11.4 Å². The SMILES string of the molecule is CCC(=O)OCC12COC(CC)(OC1)OC2. The highest BCUT2D eigenvalue weighted by Crippen LogP contribution is 2.40. The fourth-order valence-corrected chi connectivity index (χ4v) is 1.81. The molecule has 0 saturated carbocycles. The van der Waals surface area contributed by atoms with Crippen molar-refractivity contribution in [1.29, 1.82) is 0 Å². The molecule has 5 heteroatoms. The van der Waals surface area contributed by atoms with E-state index in [9.17, 15) is 4.79 Å². The molecule has 2 bridgehead atoms. The first kappa shape index (κ1) is 11.8. The molecule has 3 heterocycles. The molecule has 3 fully saturated rings. The third-order valence-corrected chi connectivity index (χ3v) is 3.06. The summed E-state index contributed by atoms with van der Waals surface area (Å²) in [6.07, 6.45) is 1.05. The summed E-state index contributed by atoms with van der Waals surface area (Å²) in [6, 6.07) is 0. The summed E-state index contributed by atoms with van der Waals surface area (Å²) < 4.78 is 21.8. The van der Waals surface area contributed by atoms with Crippen LogP contribution in [0.5, 0.6) is 0 Å². The summed E-state index contributed by atoms with van der Waals surface area (Å²) in [5, 5.41) is 0. The minimum atomic E-state index is -0.851. The Bertz CT molecular complexity index is 251. The van der Waals surface area contributed by atoms with Gasteiger partial charge in [0.15, 0.2) is 0 Å². The topological polar surface area (TPSA) is 54.0 Å². The molecule has 5 nitrogen and oxygen atoms in total. The van der Waals surface area contributed by atoms with Crippen LogP contribution in [0, 0.1) is 5.41 Å². The van der Waals surface area contributed by atoms with Gasteiger partial charge in [0.1, 0.15) is 6.61 Å². The fourth-order valence-electron chi connectivity index (χ4n) is 1.81. The van der Waals surface area contributed by atoms with E-state index < -0.39 is 5.97 Å². The number of fused-ring (bicyclic) bond motifs is 3. The Kier molecular flexibility index (Phi) is 3.19. The van der Waals surface area contributed by atoms with E-state index >= 15 is 0 Å². The standard InChI is InChI=1S/C11H18O5/c1-3-9(12)13-5-10-6-14-11(4-2,15-7-10)16-8-10/h3-8H2,1-2H3. The Morgan fingerprint density at radius 3 is 2.19 bits per heavy atom. The van der Waals surface area contributed by atoms with Crippen LogP contribution >= 0.6 is 0 Å². The van der Waals surface area contributed by atoms with Gasteiger partial charge in [-0.15, -0.1) is 0 Å². The van der Waals surface area contributed by atoms with Gasteiger partial charge in [0.25, 0.3) is 5.97 Å². The first-order valence-electron chi connectivity index (χ1n) is 5.71. The van der Waals surface area contributed by atoms with Gasteiger partial charge >= 0.3 is 5.97 Å². The van der Waals surface area contributed by atoms with E-state index in [1.165, 1.54) is 0 Å². The minimum Gasteiger partial charge on any atom is -0.465 e. The maximum absolute atomic E-state index is 11.1. The number of hydrogen-bond acceptors (Lipinski definition) is 5. The molecule has 0 aromatic heterocycles. The van der Waals surface area contributed by atoms with E-state index in [2.05, 4.69) is 0 Å². The first-order chi connectivity index (χ1) is 7.64. The van der Waals surface area contributed by atoms with Gasteiger partial charge in [0, 0.05) is 12.8 Å². The summed E-state index contributed by atoms with van der Waals surface area (Å²) in [5.41, 5.74) is -0.318. The van der Waals surface area contributed by atoms with Crippen molar-refractivity contribution >= 4 is 5.97 Å². The van der Waals surface area contributed by atoms with Crippen LogP contribution in [-0.4, -0.2) is 38.4 Å². The molecule has 0 radical (unpaired) electrons. The first-order valence-corrected chi connectivity index (χ1v) is 5.71. The minimum absolute atomic E-state index is 0.202. The van der Waals surface area contributed by atoms with Crippen LogP contribution in [0.15, 0.2) is 0 Å². The number of hydrogen-bond donors (Lipinski definition) is 0. The van der Waals surface area contributed by atoms with Crippen molar-refractivity contribution in [3.8, 4) is 0 Å². The number of rotatable bonds is 4. The Morgan fingerprint density at radius 1 is 1.19 bits per heavy atom. The van der Waals surface area contributed by atoms with Crippen LogP contribution in [0.2, 0.25) is 0 Å². The zero-order chi connectivity index (χ0) is 11.6. The Morgan fingerprint density at radius 2 is 1.75 bits per heavy atom. The summed E-state index contributed by atoms with van der Waals surface area (Å²) in [7, 11) is 0. The second-order valence-corrected chi connectivity index (χ2v) is 4.42. The van der Waals surface area contributed by atoms with Gasteiger partial charge < -0.3 is 18.9 Å². The highest BCUT2D eigenvalue weighted by Gasteiger charge is 2.52. The van der Waals surface area contributed by atoms with Gasteiger partial charge in [-0.25, -0.2) is 0 Å². The van der Waals surface area contributed by atoms with Gasteiger partial charge in [0.2, 0.25) is 0 Å². The number of ether oxygens (including phenoxy) is 4. The second-order valence-electron chi connectivity index (χ2n) is 4.42. The molecule has 92 valence electrons. The average molecular weight is 230 g/mol. The van der Waals surface area contributed by atoms with Crippen LogP contribution < -0.4 is 0 Å². The van der Waals surface area contributed by atoms with Gasteiger partial charge in [-0.2, -0.15) is 0 Å². The molecule has 0 unspecified atom stereocenters. The fraction of sp³-hybridized carbons (Fsp3) is 0.909. The lowest BCUT2D eigenvalue weighted by Crippen LogP contribution is -2.61. The zero-order valence-corrected chi connectivity index (χ0v) is 9.78. The van der Waals surface area contributed by atoms with Gasteiger partial charge in [-0.3, -0.25) is 4.79 Å². The summed E-state index contributed by atoms with van der Waals surface area (Å²) in [4.78, 5) is 11.1. The molecule has 0 N–H and O–H groups in total. The molecule has 0 spiro atoms. The van der Waals surface area contributed by atoms with Crippen LogP contribution in [0.3, 0.4) is 0 Å². The van der Waals surface area contributed by atoms with Crippen molar-refractivity contribution in [3.63, 3.8) is 0 Å². The van der Waals surface area contributed by atoms with Crippen LogP contribution in [0.25, 0.3) is 0 Å². The Balaban J connectivity index is 1.90. The zero-order valence-electron chi connectivity index (χ0n) is 9.78. The molecule has 3 aliphatic heterocycles. The molecule has 0 atom stereocenters. The van der Waals surface area contributed by atoms with Crippen molar-refractivity contribution in [2.75, 3.05) is 26.4 Å². The van der Waals surface area contributed by atoms with Gasteiger partial charge in [-0.05, 0) is 0 Å². The molecule has 3 saturated heterocycles. The molecule has 0 aromatic rings. The third kappa shape index (κ3) is 2.07. The van der Waals surface area contributed by atoms with Crippen molar-refractivity contribution in [2.45, 2.75) is 32.7 Å². The second kappa shape index (κ2) is 4.31. The van der Waals surface area contributed by atoms with Crippen molar-refractivity contribution in [2.24, 2.45) is 5.41 Å². The molecular formula is C11H18O5. The smallest absolute Gasteiger partial charge is 0.305 e. The normalized spacial score (nSPS) is 37.4. The molecule has 0 aromatic carbocycles. The lowest BCUT2D eigenvalue weighted by atomic mass is 9.89. The molecule has 16 heavy (non-hydrogen) atoms. The predicted octanol–water partition coefficient (Wildman–Crippen LogP) is 1.07. The monoisotopic (exact) mass is 230 g/mol. The predicted molar refractivity (Wildman–Crippen MR) is 54.6 cm³/mol. The van der Waals surface area contributed by atoms with E-state index in [0.717, 1.165) is 0 Å². The number of carbonyl (C=O) groups excluding carboxylic acids is 1. The van der Waals surface area contributed by atoms with Crippen molar-refractivity contribution in [3.05, 3.63) is 0 Å². The van der Waals surface area contributed by atoms with Crippen LogP contribution in [-0.2, 0) is 23.7 Å². The lowest BCUT2D eigenvalue weighted by Gasteiger charge is -2.51. The molecule has 0 amide bonds. The van der Waals surface area contributed by atoms with Crippen LogP contribution in [0.1, 0.15) is 26.7 Å². The van der Waals surface area contributed by atoms with Crippen LogP contribution in [0.4, 0.5) is 0 Å². The number of carbonyl (C=O) groups is 1. The molecule has 3 aliphatic rings. The summed E-state index contributed by atoms with van der Waals surface area (Å²) >= 11 is 0. The maximum Gasteiger partial charge on any atom is 0.305 e. The summed E-state index contributed by atoms with van der Waals surface area (Å²) in [5.74, 6) is -1.05. The number of esters is 1. The molecule has 3 rings (SSSR count). The average Bonchev–Trinajstić information content (AvgIpc) is 2.38. The molecule has 0 aliphatic carbocycles. The van der Waals surface area contributed by atoms with Gasteiger partial charge in [0.05, 0.1) is 25.2 Å². The van der Waals surface area contributed by atoms with E-state index in [0.29, 0.717) is 39.3 Å². The van der Waals surface area contributed by atoms with Crippen molar-refractivity contribution < 1.29 is 23.7 Å². The Labute approximate surface area is 95.0 Å². The quantitative estimate of drug-likeness (QED) is 0.676. The third-order valence-electron chi connectivity index (χ3n) is 3.06. The molecular weight excluding hydrogens is 212 g/mol. The van der Waals surface area contributed by atoms with Gasteiger partial charge in [-0.1, -0.05) is 13.8 Å². The van der Waals surface area contributed by atoms with E-state index in [1.54, 1.807) is 6.92 Å². The lowest BCUT2D eigenvalue weighted by molar-refractivity contribution is -0.470. The highest BCUT2D eigenvalue weighted by atomic mass is 16.9. The highest BCUT2D eigenvalue weighted by molar-refractivity contribution is 5.68. The maximum atomic E-state index is 11.1. The van der Waals surface area contributed by atoms with E-state index in [1.807, 2.05) is 6.92 Å². The summed E-state index contributed by atoms with van der Waals surface area (Å²) in [6.45, 7) is 5.61. The largest absolute Gasteiger partial charge is 0.465 e.